The van der Waals surface area contributed by atoms with E-state index in [4.69, 9.17) is 0 Å². The summed E-state index contributed by atoms with van der Waals surface area (Å²) in [5, 5.41) is 23.7. The number of rotatable bonds is 5. The van der Waals surface area contributed by atoms with E-state index in [2.05, 4.69) is 56.3 Å². The molecule has 0 unspecified atom stereocenters. The Morgan fingerprint density at radius 3 is 2.49 bits per heavy atom. The molecule has 3 aromatic rings. The number of halogens is 1. The van der Waals surface area contributed by atoms with Crippen molar-refractivity contribution in [1.82, 2.24) is 30.5 Å². The Kier molecular flexibility index (Phi) is 6.13. The summed E-state index contributed by atoms with van der Waals surface area (Å²) in [5.74, 6) is 0.390. The van der Waals surface area contributed by atoms with Gasteiger partial charge in [-0.1, -0.05) is 17.8 Å². The standard InChI is InChI=1S/C25H30FN7OS/c1-24-8-5-9-25(2,32-24)12-16(11-24)33(3)20-14-27-22(31-30-20)17-7-6-15(10-19(17)34)21-18(26)13-28-23(29-21)35-4/h6-7,10,13-14,16,32,34H,5,8-9,11-12H2,1-4H3/t16-,24-,25+. The molecule has 3 atom stereocenters. The molecule has 5 rings (SSSR count). The minimum Gasteiger partial charge on any atom is -0.507 e. The maximum absolute atomic E-state index is 14.3. The third-order valence-electron chi connectivity index (χ3n) is 7.31. The summed E-state index contributed by atoms with van der Waals surface area (Å²) in [6, 6.07) is 5.14. The molecule has 4 heterocycles. The van der Waals surface area contributed by atoms with Crippen molar-refractivity contribution < 1.29 is 9.50 Å². The van der Waals surface area contributed by atoms with Crippen LogP contribution in [0.4, 0.5) is 10.2 Å². The molecular weight excluding hydrogens is 465 g/mol. The van der Waals surface area contributed by atoms with Gasteiger partial charge in [0.15, 0.2) is 22.6 Å². The number of anilines is 1. The second-order valence-electron chi connectivity index (χ2n) is 10.2. The second-order valence-corrected chi connectivity index (χ2v) is 11.0. The zero-order valence-corrected chi connectivity index (χ0v) is 21.2. The van der Waals surface area contributed by atoms with Crippen LogP contribution in [0, 0.1) is 5.82 Å². The minimum atomic E-state index is -0.551. The van der Waals surface area contributed by atoms with Gasteiger partial charge in [-0.05, 0) is 64.3 Å². The van der Waals surface area contributed by atoms with Crippen LogP contribution in [-0.4, -0.2) is 60.7 Å². The molecule has 2 saturated heterocycles. The lowest BCUT2D eigenvalue weighted by atomic mass is 9.69. The number of hydrogen-bond donors (Lipinski definition) is 2. The number of phenols is 1. The monoisotopic (exact) mass is 495 g/mol. The van der Waals surface area contributed by atoms with Gasteiger partial charge in [0, 0.05) is 29.7 Å². The van der Waals surface area contributed by atoms with Gasteiger partial charge in [-0.2, -0.15) is 0 Å². The summed E-state index contributed by atoms with van der Waals surface area (Å²) in [5.41, 5.74) is 1.28. The van der Waals surface area contributed by atoms with Gasteiger partial charge in [-0.3, -0.25) is 0 Å². The molecule has 0 radical (unpaired) electrons. The Bertz CT molecular complexity index is 1220. The zero-order chi connectivity index (χ0) is 24.8. The zero-order valence-electron chi connectivity index (χ0n) is 20.4. The number of hydrogen-bond acceptors (Lipinski definition) is 9. The van der Waals surface area contributed by atoms with Crippen LogP contribution in [-0.2, 0) is 0 Å². The maximum atomic E-state index is 14.3. The first-order valence-electron chi connectivity index (χ1n) is 11.8. The number of nitrogens with zero attached hydrogens (tertiary/aromatic N) is 6. The molecule has 2 aliphatic heterocycles. The predicted molar refractivity (Wildman–Crippen MR) is 135 cm³/mol. The third kappa shape index (κ3) is 4.69. The fraction of sp³-hybridized carbons (Fsp3) is 0.480. The van der Waals surface area contributed by atoms with Gasteiger partial charge in [-0.25, -0.2) is 19.3 Å². The Hall–Kier alpha value is -2.85. The molecule has 2 fully saturated rings. The predicted octanol–water partition coefficient (Wildman–Crippen LogP) is 4.45. The van der Waals surface area contributed by atoms with Crippen LogP contribution in [0.15, 0.2) is 35.7 Å². The number of phenolic OH excluding ortho intramolecular Hbond substituents is 1. The average molecular weight is 496 g/mol. The Morgan fingerprint density at radius 2 is 1.86 bits per heavy atom. The Labute approximate surface area is 208 Å². The van der Waals surface area contributed by atoms with Gasteiger partial charge in [0.25, 0.3) is 0 Å². The fourth-order valence-electron chi connectivity index (χ4n) is 5.68. The lowest BCUT2D eigenvalue weighted by Crippen LogP contribution is -2.66. The normalized spacial score (nSPS) is 25.9. The molecule has 0 spiro atoms. The van der Waals surface area contributed by atoms with Gasteiger partial charge >= 0.3 is 0 Å². The summed E-state index contributed by atoms with van der Waals surface area (Å²) in [4.78, 5) is 14.8. The summed E-state index contributed by atoms with van der Waals surface area (Å²) < 4.78 is 14.3. The van der Waals surface area contributed by atoms with Crippen molar-refractivity contribution >= 4 is 17.6 Å². The van der Waals surface area contributed by atoms with E-state index >= 15 is 0 Å². The molecule has 184 valence electrons. The number of piperidine rings is 2. The number of thioether (sulfide) groups is 1. The topological polar surface area (TPSA) is 100.0 Å². The molecule has 35 heavy (non-hydrogen) atoms. The highest BCUT2D eigenvalue weighted by Gasteiger charge is 2.46. The highest BCUT2D eigenvalue weighted by Crippen LogP contribution is 2.42. The van der Waals surface area contributed by atoms with Gasteiger partial charge in [0.2, 0.25) is 0 Å². The SMILES string of the molecule is CSc1ncc(F)c(-c2ccc(-c3ncc(N(C)[C@H]4C[C@]5(C)CCC[C@](C)(C4)N5)nn3)c(O)c2)n1. The maximum Gasteiger partial charge on any atom is 0.187 e. The summed E-state index contributed by atoms with van der Waals surface area (Å²) in [6.07, 6.45) is 10.4. The number of fused-ring (bicyclic) bond motifs is 2. The van der Waals surface area contributed by atoms with Gasteiger partial charge in [0.05, 0.1) is 18.0 Å². The first kappa shape index (κ1) is 23.9. The quantitative estimate of drug-likeness (QED) is 0.393. The van der Waals surface area contributed by atoms with E-state index in [0.29, 0.717) is 34.0 Å². The molecule has 8 nitrogen and oxygen atoms in total. The third-order valence-corrected chi connectivity index (χ3v) is 7.87. The summed E-state index contributed by atoms with van der Waals surface area (Å²) in [6.45, 7) is 4.64. The van der Waals surface area contributed by atoms with E-state index in [-0.39, 0.29) is 22.5 Å². The first-order chi connectivity index (χ1) is 16.7. The highest BCUT2D eigenvalue weighted by molar-refractivity contribution is 7.98. The van der Waals surface area contributed by atoms with E-state index in [0.717, 1.165) is 19.0 Å². The highest BCUT2D eigenvalue weighted by atomic mass is 32.2. The lowest BCUT2D eigenvalue weighted by Gasteiger charge is -2.55. The van der Waals surface area contributed by atoms with Crippen molar-refractivity contribution in [2.75, 3.05) is 18.2 Å². The van der Waals surface area contributed by atoms with Gasteiger partial charge in [0.1, 0.15) is 11.4 Å². The minimum absolute atomic E-state index is 0.0684. The van der Waals surface area contributed by atoms with Crippen LogP contribution < -0.4 is 10.2 Å². The lowest BCUT2D eigenvalue weighted by molar-refractivity contribution is 0.0784. The molecule has 0 saturated carbocycles. The number of nitrogens with one attached hydrogen (secondary N) is 1. The van der Waals surface area contributed by atoms with E-state index in [1.54, 1.807) is 18.3 Å². The van der Waals surface area contributed by atoms with Gasteiger partial charge < -0.3 is 15.3 Å². The van der Waals surface area contributed by atoms with E-state index in [1.165, 1.54) is 37.1 Å². The largest absolute Gasteiger partial charge is 0.507 e. The molecule has 10 heteroatoms. The van der Waals surface area contributed by atoms with Crippen LogP contribution in [0.5, 0.6) is 5.75 Å². The molecule has 2 bridgehead atoms. The van der Waals surface area contributed by atoms with Crippen molar-refractivity contribution in [1.29, 1.82) is 0 Å². The molecule has 2 aromatic heterocycles. The average Bonchev–Trinajstić information content (AvgIpc) is 2.83. The number of aromatic nitrogens is 5. The molecular formula is C25H30FN7OS. The van der Waals surface area contributed by atoms with Crippen LogP contribution >= 0.6 is 11.8 Å². The van der Waals surface area contributed by atoms with Crippen LogP contribution in [0.25, 0.3) is 22.6 Å². The van der Waals surface area contributed by atoms with Crippen LogP contribution in [0.2, 0.25) is 0 Å². The van der Waals surface area contributed by atoms with Crippen LogP contribution in [0.3, 0.4) is 0 Å². The molecule has 1 aromatic carbocycles. The van der Waals surface area contributed by atoms with E-state index in [9.17, 15) is 9.50 Å². The van der Waals surface area contributed by atoms with Crippen molar-refractivity contribution in [3.63, 3.8) is 0 Å². The van der Waals surface area contributed by atoms with Crippen LogP contribution in [0.1, 0.15) is 46.0 Å². The molecule has 0 amide bonds. The number of aromatic hydroxyl groups is 1. The second kappa shape index (κ2) is 8.98. The molecule has 2 aliphatic rings. The Balaban J connectivity index is 1.36. The Morgan fingerprint density at radius 1 is 1.11 bits per heavy atom. The number of benzene rings is 1. The van der Waals surface area contributed by atoms with Crippen molar-refractivity contribution in [2.45, 2.75) is 68.2 Å². The smallest absolute Gasteiger partial charge is 0.187 e. The van der Waals surface area contributed by atoms with Gasteiger partial charge in [-0.15, -0.1) is 10.2 Å². The molecule has 0 aliphatic carbocycles. The van der Waals surface area contributed by atoms with E-state index in [1.807, 2.05) is 6.26 Å². The molecule has 2 N–H and O–H groups in total. The van der Waals surface area contributed by atoms with Crippen molar-refractivity contribution in [2.24, 2.45) is 0 Å². The fourth-order valence-corrected chi connectivity index (χ4v) is 6.02. The van der Waals surface area contributed by atoms with Crippen molar-refractivity contribution in [3.05, 3.63) is 36.4 Å². The summed E-state index contributed by atoms with van der Waals surface area (Å²) in [7, 11) is 2.05. The van der Waals surface area contributed by atoms with Crippen molar-refractivity contribution in [3.8, 4) is 28.4 Å². The first-order valence-corrected chi connectivity index (χ1v) is 13.0. The van der Waals surface area contributed by atoms with E-state index < -0.39 is 5.82 Å². The summed E-state index contributed by atoms with van der Waals surface area (Å²) >= 11 is 1.32.